The lowest BCUT2D eigenvalue weighted by molar-refractivity contribution is -0.116. The Morgan fingerprint density at radius 2 is 2.00 bits per heavy atom. The molecule has 1 aromatic heterocycles. The summed E-state index contributed by atoms with van der Waals surface area (Å²) >= 11 is 7.45. The summed E-state index contributed by atoms with van der Waals surface area (Å²) in [6.45, 7) is 2.18. The molecular formula is C23H20ClN3O2S. The number of nitrogens with zero attached hydrogens (tertiary/aromatic N) is 3. The number of fused-ring (bicyclic) bond motifs is 1. The highest BCUT2D eigenvalue weighted by Crippen LogP contribution is 2.31. The highest BCUT2D eigenvalue weighted by Gasteiger charge is 2.21. The van der Waals surface area contributed by atoms with Gasteiger partial charge in [0, 0.05) is 35.6 Å². The minimum atomic E-state index is -0.120. The summed E-state index contributed by atoms with van der Waals surface area (Å²) in [4.78, 5) is 32.8. The van der Waals surface area contributed by atoms with Gasteiger partial charge in [-0.1, -0.05) is 29.8 Å². The van der Waals surface area contributed by atoms with Crippen molar-refractivity contribution in [3.05, 3.63) is 76.3 Å². The Bertz CT molecular complexity index is 1110. The van der Waals surface area contributed by atoms with Crippen LogP contribution < -0.4 is 9.80 Å². The number of anilines is 3. The quantitative estimate of drug-likeness (QED) is 0.508. The first-order valence-electron chi connectivity index (χ1n) is 9.62. The van der Waals surface area contributed by atoms with Crippen molar-refractivity contribution in [3.63, 3.8) is 0 Å². The largest absolute Gasteiger partial charge is 0.309 e. The summed E-state index contributed by atoms with van der Waals surface area (Å²) in [5.74, 6) is -0.218. The SMILES string of the molecule is CC(=O)N(c1ccccc1)c1nc(/C=C/C(=O)N2CCCc3cc(Cl)ccc32)cs1. The molecule has 0 unspecified atom stereocenters. The molecule has 152 valence electrons. The summed E-state index contributed by atoms with van der Waals surface area (Å²) in [5.41, 5.74) is 3.39. The average Bonchev–Trinajstić information content (AvgIpc) is 3.20. The van der Waals surface area contributed by atoms with Crippen molar-refractivity contribution >= 4 is 57.3 Å². The standard InChI is InChI=1S/C23H20ClN3O2S/c1-16(28)27(20-7-3-2-4-8-20)23-25-19(15-30-23)10-12-22(29)26-13-5-6-17-14-18(24)9-11-21(17)26/h2-4,7-12,14-15H,5-6,13H2,1H3/b12-10+. The van der Waals surface area contributed by atoms with Crippen LogP contribution in [0.1, 0.15) is 24.6 Å². The van der Waals surface area contributed by atoms with Gasteiger partial charge in [-0.3, -0.25) is 14.5 Å². The number of thiazole rings is 1. The van der Waals surface area contributed by atoms with Crippen molar-refractivity contribution < 1.29 is 9.59 Å². The maximum atomic E-state index is 12.8. The molecule has 0 fully saturated rings. The highest BCUT2D eigenvalue weighted by molar-refractivity contribution is 7.14. The molecule has 3 aromatic rings. The zero-order valence-corrected chi connectivity index (χ0v) is 18.0. The van der Waals surface area contributed by atoms with Crippen LogP contribution in [0, 0.1) is 0 Å². The Labute approximate surface area is 184 Å². The fraction of sp³-hybridized carbons (Fsp3) is 0.174. The van der Waals surface area contributed by atoms with E-state index in [1.807, 2.05) is 53.9 Å². The number of carbonyl (C=O) groups is 2. The van der Waals surface area contributed by atoms with E-state index in [9.17, 15) is 9.59 Å². The second-order valence-electron chi connectivity index (χ2n) is 6.94. The summed E-state index contributed by atoms with van der Waals surface area (Å²) in [7, 11) is 0. The number of halogens is 1. The number of hydrogen-bond acceptors (Lipinski definition) is 4. The van der Waals surface area contributed by atoms with Crippen LogP contribution in [-0.2, 0) is 16.0 Å². The van der Waals surface area contributed by atoms with Crippen LogP contribution in [0.5, 0.6) is 0 Å². The Kier molecular flexibility index (Phi) is 5.97. The topological polar surface area (TPSA) is 53.5 Å². The second kappa shape index (κ2) is 8.81. The third-order valence-electron chi connectivity index (χ3n) is 4.85. The van der Waals surface area contributed by atoms with Gasteiger partial charge in [-0.2, -0.15) is 0 Å². The molecule has 0 aliphatic carbocycles. The smallest absolute Gasteiger partial charge is 0.251 e. The van der Waals surface area contributed by atoms with E-state index in [4.69, 9.17) is 11.6 Å². The molecule has 0 radical (unpaired) electrons. The second-order valence-corrected chi connectivity index (χ2v) is 8.22. The number of benzene rings is 2. The van der Waals surface area contributed by atoms with Crippen molar-refractivity contribution in [3.8, 4) is 0 Å². The fourth-order valence-corrected chi connectivity index (χ4v) is 4.55. The third-order valence-corrected chi connectivity index (χ3v) is 5.93. The lowest BCUT2D eigenvalue weighted by atomic mass is 10.0. The van der Waals surface area contributed by atoms with E-state index in [2.05, 4.69) is 4.98 Å². The van der Waals surface area contributed by atoms with E-state index < -0.39 is 0 Å². The van der Waals surface area contributed by atoms with Gasteiger partial charge in [-0.05, 0) is 54.8 Å². The number of hydrogen-bond donors (Lipinski definition) is 0. The van der Waals surface area contributed by atoms with Gasteiger partial charge in [0.2, 0.25) is 5.91 Å². The van der Waals surface area contributed by atoms with Crippen LogP contribution in [-0.4, -0.2) is 23.3 Å². The highest BCUT2D eigenvalue weighted by atomic mass is 35.5. The molecule has 0 saturated heterocycles. The van der Waals surface area contributed by atoms with Crippen LogP contribution in [0.25, 0.3) is 6.08 Å². The molecule has 0 N–H and O–H groups in total. The lowest BCUT2D eigenvalue weighted by Crippen LogP contribution is -2.34. The van der Waals surface area contributed by atoms with Crippen molar-refractivity contribution in [1.29, 1.82) is 0 Å². The molecule has 5 nitrogen and oxygen atoms in total. The number of aryl methyl sites for hydroxylation is 1. The van der Waals surface area contributed by atoms with Crippen molar-refractivity contribution in [2.45, 2.75) is 19.8 Å². The van der Waals surface area contributed by atoms with Crippen molar-refractivity contribution in [2.75, 3.05) is 16.3 Å². The van der Waals surface area contributed by atoms with Crippen molar-refractivity contribution in [2.24, 2.45) is 0 Å². The molecule has 7 heteroatoms. The van der Waals surface area contributed by atoms with Crippen LogP contribution in [0.4, 0.5) is 16.5 Å². The van der Waals surface area contributed by atoms with Crippen molar-refractivity contribution in [1.82, 2.24) is 4.98 Å². The monoisotopic (exact) mass is 437 g/mol. The molecule has 0 bridgehead atoms. The molecule has 1 aliphatic heterocycles. The fourth-order valence-electron chi connectivity index (χ4n) is 3.50. The normalized spacial score (nSPS) is 13.3. The van der Waals surface area contributed by atoms with E-state index in [0.717, 1.165) is 29.8 Å². The number of aromatic nitrogens is 1. The van der Waals surface area contributed by atoms with E-state index in [1.165, 1.54) is 24.3 Å². The van der Waals surface area contributed by atoms with Gasteiger partial charge in [-0.15, -0.1) is 11.3 Å². The summed E-state index contributed by atoms with van der Waals surface area (Å²) in [6, 6.07) is 15.0. The molecule has 2 heterocycles. The van der Waals surface area contributed by atoms with Crippen LogP contribution >= 0.6 is 22.9 Å². The van der Waals surface area contributed by atoms with Gasteiger partial charge >= 0.3 is 0 Å². The van der Waals surface area contributed by atoms with E-state index in [1.54, 1.807) is 15.9 Å². The molecule has 30 heavy (non-hydrogen) atoms. The number of carbonyl (C=O) groups excluding carboxylic acids is 2. The first-order chi connectivity index (χ1) is 14.5. The Morgan fingerprint density at radius 3 is 2.77 bits per heavy atom. The Hall–Kier alpha value is -2.96. The predicted molar refractivity (Wildman–Crippen MR) is 123 cm³/mol. The van der Waals surface area contributed by atoms with E-state index in [0.29, 0.717) is 22.4 Å². The molecule has 0 atom stereocenters. The first-order valence-corrected chi connectivity index (χ1v) is 10.9. The zero-order valence-electron chi connectivity index (χ0n) is 16.4. The van der Waals surface area contributed by atoms with Gasteiger partial charge in [0.25, 0.3) is 5.91 Å². The first kappa shape index (κ1) is 20.3. The molecular weight excluding hydrogens is 418 g/mol. The number of rotatable bonds is 4. The van der Waals surface area contributed by atoms with Gasteiger partial charge in [0.05, 0.1) is 11.4 Å². The maximum Gasteiger partial charge on any atom is 0.251 e. The van der Waals surface area contributed by atoms with Crippen LogP contribution in [0.3, 0.4) is 0 Å². The minimum absolute atomic E-state index is 0.0979. The summed E-state index contributed by atoms with van der Waals surface area (Å²) in [5, 5.41) is 3.09. The lowest BCUT2D eigenvalue weighted by Gasteiger charge is -2.28. The zero-order chi connectivity index (χ0) is 21.1. The number of para-hydroxylation sites is 1. The third kappa shape index (κ3) is 4.30. The summed E-state index contributed by atoms with van der Waals surface area (Å²) < 4.78 is 0. The van der Waals surface area contributed by atoms with Crippen LogP contribution in [0.15, 0.2) is 60.0 Å². The van der Waals surface area contributed by atoms with E-state index in [-0.39, 0.29) is 11.8 Å². The molecule has 0 saturated carbocycles. The predicted octanol–water partition coefficient (Wildman–Crippen LogP) is 5.47. The molecule has 0 spiro atoms. The molecule has 1 aliphatic rings. The minimum Gasteiger partial charge on any atom is -0.309 e. The average molecular weight is 438 g/mol. The van der Waals surface area contributed by atoms with E-state index >= 15 is 0 Å². The maximum absolute atomic E-state index is 12.8. The Morgan fingerprint density at radius 1 is 1.20 bits per heavy atom. The van der Waals surface area contributed by atoms with Gasteiger partial charge in [-0.25, -0.2) is 4.98 Å². The summed E-state index contributed by atoms with van der Waals surface area (Å²) in [6.07, 6.45) is 5.04. The molecule has 2 amide bonds. The van der Waals surface area contributed by atoms with Gasteiger partial charge < -0.3 is 4.90 Å². The Balaban J connectivity index is 1.53. The number of amides is 2. The van der Waals surface area contributed by atoms with Gasteiger partial charge in [0.15, 0.2) is 5.13 Å². The molecule has 2 aromatic carbocycles. The van der Waals surface area contributed by atoms with Crippen LogP contribution in [0.2, 0.25) is 5.02 Å². The van der Waals surface area contributed by atoms with Gasteiger partial charge in [0.1, 0.15) is 0 Å². The molecule has 4 rings (SSSR count).